The molecule has 2 rings (SSSR count). The molecule has 0 bridgehead atoms. The predicted octanol–water partition coefficient (Wildman–Crippen LogP) is 2.10. The molecule has 1 aromatic carbocycles. The quantitative estimate of drug-likeness (QED) is 0.769. The molecule has 0 atom stereocenters. The van der Waals surface area contributed by atoms with Gasteiger partial charge in [0.25, 0.3) is 5.91 Å². The number of nitrogens with zero attached hydrogens (tertiary/aromatic N) is 1. The highest BCUT2D eigenvalue weighted by molar-refractivity contribution is 6.00. The molecular formula is C11H11F3N2O. The second kappa shape index (κ2) is 3.65. The van der Waals surface area contributed by atoms with Gasteiger partial charge in [0.2, 0.25) is 0 Å². The van der Waals surface area contributed by atoms with Gasteiger partial charge in [-0.25, -0.2) is 0 Å². The van der Waals surface area contributed by atoms with E-state index in [4.69, 9.17) is 5.73 Å². The van der Waals surface area contributed by atoms with E-state index in [9.17, 15) is 18.0 Å². The number of benzene rings is 1. The fraction of sp³-hybridized carbons (Fsp3) is 0.364. The fourth-order valence-electron chi connectivity index (χ4n) is 2.10. The van der Waals surface area contributed by atoms with Crippen LogP contribution < -0.4 is 5.73 Å². The zero-order chi connectivity index (χ0) is 12.8. The van der Waals surface area contributed by atoms with Crippen LogP contribution in [0, 0.1) is 6.92 Å². The number of rotatable bonds is 1. The Morgan fingerprint density at radius 1 is 1.41 bits per heavy atom. The Kier molecular flexibility index (Phi) is 2.52. The zero-order valence-electron chi connectivity index (χ0n) is 9.14. The Morgan fingerprint density at radius 2 is 2.06 bits per heavy atom. The second-order valence-electron chi connectivity index (χ2n) is 4.15. The average molecular weight is 244 g/mol. The number of hydrogen-bond acceptors (Lipinski definition) is 2. The molecule has 1 aliphatic heterocycles. The number of fused-ring (bicyclic) bond motifs is 1. The van der Waals surface area contributed by atoms with Gasteiger partial charge in [-0.1, -0.05) is 0 Å². The van der Waals surface area contributed by atoms with Crippen molar-refractivity contribution in [3.8, 4) is 0 Å². The number of amides is 1. The molecule has 0 unspecified atom stereocenters. The molecule has 0 aromatic heterocycles. The molecule has 1 heterocycles. The smallest absolute Gasteiger partial charge is 0.399 e. The van der Waals surface area contributed by atoms with Crippen LogP contribution in [0.5, 0.6) is 0 Å². The minimum atomic E-state index is -4.38. The van der Waals surface area contributed by atoms with Crippen molar-refractivity contribution in [1.29, 1.82) is 0 Å². The third-order valence-electron chi connectivity index (χ3n) is 2.67. The van der Waals surface area contributed by atoms with Crippen molar-refractivity contribution in [2.75, 3.05) is 12.3 Å². The van der Waals surface area contributed by atoms with Crippen LogP contribution in [-0.4, -0.2) is 23.5 Å². The van der Waals surface area contributed by atoms with Crippen LogP contribution in [0.25, 0.3) is 0 Å². The predicted molar refractivity (Wildman–Crippen MR) is 56.4 cm³/mol. The Bertz CT molecular complexity index is 482. The van der Waals surface area contributed by atoms with E-state index < -0.39 is 18.6 Å². The van der Waals surface area contributed by atoms with E-state index in [2.05, 4.69) is 0 Å². The van der Waals surface area contributed by atoms with Crippen molar-refractivity contribution in [3.05, 3.63) is 28.8 Å². The molecule has 6 heteroatoms. The molecule has 0 fully saturated rings. The number of carbonyl (C=O) groups excluding carboxylic acids is 1. The number of alkyl halides is 3. The molecule has 2 N–H and O–H groups in total. The van der Waals surface area contributed by atoms with Crippen molar-refractivity contribution < 1.29 is 18.0 Å². The molecule has 1 aromatic rings. The molecule has 1 aliphatic rings. The number of carbonyl (C=O) groups is 1. The number of nitrogens with two attached hydrogens (primary N) is 1. The maximum Gasteiger partial charge on any atom is 0.406 e. The van der Waals surface area contributed by atoms with Gasteiger partial charge in [0.05, 0.1) is 0 Å². The highest BCUT2D eigenvalue weighted by Crippen LogP contribution is 2.30. The largest absolute Gasteiger partial charge is 0.406 e. The third kappa shape index (κ3) is 2.20. The first kappa shape index (κ1) is 11.8. The Balaban J connectivity index is 2.33. The van der Waals surface area contributed by atoms with Crippen LogP contribution >= 0.6 is 0 Å². The summed E-state index contributed by atoms with van der Waals surface area (Å²) in [6.45, 7) is 0.420. The van der Waals surface area contributed by atoms with Gasteiger partial charge in [-0.3, -0.25) is 4.79 Å². The molecule has 0 aliphatic carbocycles. The van der Waals surface area contributed by atoms with Gasteiger partial charge in [0, 0.05) is 17.8 Å². The van der Waals surface area contributed by atoms with E-state index in [-0.39, 0.29) is 6.54 Å². The number of halogens is 3. The van der Waals surface area contributed by atoms with Gasteiger partial charge in [-0.05, 0) is 30.2 Å². The molecular weight excluding hydrogens is 233 g/mol. The number of hydrogen-bond donors (Lipinski definition) is 1. The van der Waals surface area contributed by atoms with Crippen LogP contribution in [0.2, 0.25) is 0 Å². The minimum Gasteiger partial charge on any atom is -0.399 e. The van der Waals surface area contributed by atoms with E-state index in [1.54, 1.807) is 19.1 Å². The van der Waals surface area contributed by atoms with Crippen LogP contribution in [0.15, 0.2) is 12.1 Å². The number of nitrogen functional groups attached to an aromatic ring is 1. The van der Waals surface area contributed by atoms with Gasteiger partial charge in [0.1, 0.15) is 6.54 Å². The first-order chi connectivity index (χ1) is 7.78. The number of aryl methyl sites for hydroxylation is 1. The van der Waals surface area contributed by atoms with Crippen molar-refractivity contribution in [1.82, 2.24) is 4.90 Å². The van der Waals surface area contributed by atoms with Crippen molar-refractivity contribution in [3.63, 3.8) is 0 Å². The Morgan fingerprint density at radius 3 is 2.65 bits per heavy atom. The Labute approximate surface area is 96.0 Å². The number of anilines is 1. The monoisotopic (exact) mass is 244 g/mol. The maximum atomic E-state index is 12.3. The normalized spacial score (nSPS) is 15.3. The zero-order valence-corrected chi connectivity index (χ0v) is 9.14. The summed E-state index contributed by atoms with van der Waals surface area (Å²) in [5, 5.41) is 0. The lowest BCUT2D eigenvalue weighted by Crippen LogP contribution is -2.34. The molecule has 0 spiro atoms. The molecule has 17 heavy (non-hydrogen) atoms. The van der Waals surface area contributed by atoms with Crippen LogP contribution in [-0.2, 0) is 6.54 Å². The highest BCUT2D eigenvalue weighted by Gasteiger charge is 2.37. The summed E-state index contributed by atoms with van der Waals surface area (Å²) in [7, 11) is 0. The second-order valence-corrected chi connectivity index (χ2v) is 4.15. The van der Waals surface area contributed by atoms with Crippen molar-refractivity contribution in [2.24, 2.45) is 0 Å². The van der Waals surface area contributed by atoms with E-state index >= 15 is 0 Å². The van der Waals surface area contributed by atoms with Crippen LogP contribution in [0.4, 0.5) is 18.9 Å². The van der Waals surface area contributed by atoms with Crippen molar-refractivity contribution >= 4 is 11.6 Å². The van der Waals surface area contributed by atoms with E-state index in [1.807, 2.05) is 0 Å². The van der Waals surface area contributed by atoms with Crippen molar-refractivity contribution in [2.45, 2.75) is 19.6 Å². The van der Waals surface area contributed by atoms with Gasteiger partial charge in [-0.2, -0.15) is 13.2 Å². The van der Waals surface area contributed by atoms with Gasteiger partial charge >= 0.3 is 6.18 Å². The topological polar surface area (TPSA) is 46.3 Å². The lowest BCUT2D eigenvalue weighted by atomic mass is 10.0. The summed E-state index contributed by atoms with van der Waals surface area (Å²) in [4.78, 5) is 12.6. The molecule has 0 radical (unpaired) electrons. The van der Waals surface area contributed by atoms with Gasteiger partial charge in [-0.15, -0.1) is 0 Å². The molecule has 92 valence electrons. The lowest BCUT2D eigenvalue weighted by Gasteiger charge is -2.17. The summed E-state index contributed by atoms with van der Waals surface area (Å²) in [5.41, 5.74) is 7.60. The summed E-state index contributed by atoms with van der Waals surface area (Å²) >= 11 is 0. The van der Waals surface area contributed by atoms with Gasteiger partial charge < -0.3 is 10.6 Å². The molecule has 3 nitrogen and oxygen atoms in total. The maximum absolute atomic E-state index is 12.3. The summed E-state index contributed by atoms with van der Waals surface area (Å²) < 4.78 is 36.8. The van der Waals surface area contributed by atoms with Crippen LogP contribution in [0.3, 0.4) is 0 Å². The van der Waals surface area contributed by atoms with E-state index in [1.165, 1.54) is 0 Å². The standard InChI is InChI=1S/C11H11F3N2O/c1-6-2-8(15)3-7-4-16(5-11(12,13)14)10(17)9(6)7/h2-3H,4-5,15H2,1H3. The minimum absolute atomic E-state index is 0.0282. The lowest BCUT2D eigenvalue weighted by molar-refractivity contribution is -0.140. The summed E-state index contributed by atoms with van der Waals surface area (Å²) in [6, 6.07) is 3.14. The van der Waals surface area contributed by atoms with Gasteiger partial charge in [0.15, 0.2) is 0 Å². The SMILES string of the molecule is Cc1cc(N)cc2c1C(=O)N(CC(F)(F)F)C2. The summed E-state index contributed by atoms with van der Waals surface area (Å²) in [6.07, 6.45) is -4.38. The molecule has 1 amide bonds. The summed E-state index contributed by atoms with van der Waals surface area (Å²) in [5.74, 6) is -0.574. The van der Waals surface area contributed by atoms with Crippen LogP contribution in [0.1, 0.15) is 21.5 Å². The van der Waals surface area contributed by atoms with E-state index in [0.717, 1.165) is 4.90 Å². The Hall–Kier alpha value is -1.72. The average Bonchev–Trinajstić information content (AvgIpc) is 2.39. The fourth-order valence-corrected chi connectivity index (χ4v) is 2.10. The molecule has 0 saturated carbocycles. The molecule has 0 saturated heterocycles. The van der Waals surface area contributed by atoms with E-state index in [0.29, 0.717) is 22.4 Å². The first-order valence-corrected chi connectivity index (χ1v) is 5.03. The third-order valence-corrected chi connectivity index (χ3v) is 2.67. The first-order valence-electron chi connectivity index (χ1n) is 5.03. The highest BCUT2D eigenvalue weighted by atomic mass is 19.4.